The molecular formula is C19H15N7O. The van der Waals surface area contributed by atoms with E-state index in [1.165, 1.54) is 0 Å². The minimum Gasteiger partial charge on any atom is -0.508 e. The van der Waals surface area contributed by atoms with Crippen LogP contribution in [-0.4, -0.2) is 30.0 Å². The zero-order chi connectivity index (χ0) is 19.1. The van der Waals surface area contributed by atoms with Crippen LogP contribution in [0.15, 0.2) is 30.7 Å². The molecule has 0 spiro atoms. The van der Waals surface area contributed by atoms with Crippen LogP contribution in [0.1, 0.15) is 16.7 Å². The van der Waals surface area contributed by atoms with Crippen molar-refractivity contribution in [2.75, 3.05) is 5.73 Å². The lowest BCUT2D eigenvalue weighted by atomic mass is 9.99. The highest BCUT2D eigenvalue weighted by Gasteiger charge is 2.18. The zero-order valence-corrected chi connectivity index (χ0v) is 14.6. The number of nitrogens with two attached hydrogens (primary N) is 1. The van der Waals surface area contributed by atoms with Gasteiger partial charge >= 0.3 is 0 Å². The summed E-state index contributed by atoms with van der Waals surface area (Å²) >= 11 is 0. The molecule has 0 fully saturated rings. The Labute approximate surface area is 154 Å². The summed E-state index contributed by atoms with van der Waals surface area (Å²) in [6, 6.07) is 5.65. The molecule has 0 aliphatic rings. The molecule has 8 heteroatoms. The molecule has 3 aromatic heterocycles. The number of aromatic amines is 1. The van der Waals surface area contributed by atoms with E-state index in [1.54, 1.807) is 24.7 Å². The lowest BCUT2D eigenvalue weighted by molar-refractivity contribution is 0.471. The van der Waals surface area contributed by atoms with Gasteiger partial charge in [0.15, 0.2) is 5.65 Å². The molecule has 4 N–H and O–H groups in total. The molecular weight excluding hydrogens is 342 g/mol. The van der Waals surface area contributed by atoms with Gasteiger partial charge in [-0.15, -0.1) is 0 Å². The molecule has 8 nitrogen and oxygen atoms in total. The molecule has 1 aromatic carbocycles. The fourth-order valence-electron chi connectivity index (χ4n) is 3.10. The quantitative estimate of drug-likeness (QED) is 0.501. The summed E-state index contributed by atoms with van der Waals surface area (Å²) in [6.07, 6.45) is 4.70. The maximum atomic E-state index is 10.0. The molecule has 27 heavy (non-hydrogen) atoms. The number of nitriles is 1. The number of anilines is 1. The van der Waals surface area contributed by atoms with Gasteiger partial charge in [-0.2, -0.15) is 5.26 Å². The number of fused-ring (bicyclic) bond motifs is 1. The van der Waals surface area contributed by atoms with E-state index in [2.05, 4.69) is 31.0 Å². The molecule has 132 valence electrons. The summed E-state index contributed by atoms with van der Waals surface area (Å²) in [5, 5.41) is 19.7. The largest absolute Gasteiger partial charge is 0.508 e. The highest BCUT2D eigenvalue weighted by atomic mass is 16.3. The number of hydrogen-bond donors (Lipinski definition) is 3. The van der Waals surface area contributed by atoms with Gasteiger partial charge in [-0.25, -0.2) is 19.9 Å². The van der Waals surface area contributed by atoms with Gasteiger partial charge < -0.3 is 15.8 Å². The van der Waals surface area contributed by atoms with Gasteiger partial charge in [0, 0.05) is 29.1 Å². The van der Waals surface area contributed by atoms with Crippen molar-refractivity contribution in [2.45, 2.75) is 13.8 Å². The summed E-state index contributed by atoms with van der Waals surface area (Å²) in [4.78, 5) is 20.1. The molecule has 0 atom stereocenters. The van der Waals surface area contributed by atoms with E-state index in [0.717, 1.165) is 11.1 Å². The summed E-state index contributed by atoms with van der Waals surface area (Å²) in [6.45, 7) is 3.76. The number of nitrogen functional groups attached to an aromatic ring is 1. The van der Waals surface area contributed by atoms with Crippen molar-refractivity contribution in [1.29, 1.82) is 5.26 Å². The smallest absolute Gasteiger partial charge is 0.219 e. The Kier molecular flexibility index (Phi) is 3.70. The molecule has 0 bridgehead atoms. The fraction of sp³-hybridized carbons (Fsp3) is 0.105. The van der Waals surface area contributed by atoms with Crippen molar-refractivity contribution in [3.05, 3.63) is 47.4 Å². The van der Waals surface area contributed by atoms with Gasteiger partial charge in [0.25, 0.3) is 0 Å². The van der Waals surface area contributed by atoms with Crippen molar-refractivity contribution in [3.63, 3.8) is 0 Å². The van der Waals surface area contributed by atoms with Crippen LogP contribution < -0.4 is 5.73 Å². The zero-order valence-electron chi connectivity index (χ0n) is 14.6. The maximum absolute atomic E-state index is 10.0. The fourth-order valence-corrected chi connectivity index (χ4v) is 3.10. The van der Waals surface area contributed by atoms with Crippen LogP contribution in [0.25, 0.3) is 33.7 Å². The number of phenols is 1. The number of aromatic nitrogens is 5. The molecule has 0 aliphatic carbocycles. The average Bonchev–Trinajstić information content (AvgIpc) is 3.03. The van der Waals surface area contributed by atoms with Crippen LogP contribution in [-0.2, 0) is 0 Å². The predicted octanol–water partition coefficient (Wildman–Crippen LogP) is 2.86. The summed E-state index contributed by atoms with van der Waals surface area (Å²) in [5.41, 5.74) is 11.0. The maximum Gasteiger partial charge on any atom is 0.219 e. The SMILES string of the molecule is Cc1ccc(O)c(C)c1-c1cnc2[nH]c(-c3cnc(N)nc3)c(C#N)c2n1. The second-order valence-corrected chi connectivity index (χ2v) is 6.17. The van der Waals surface area contributed by atoms with Crippen molar-refractivity contribution in [2.24, 2.45) is 0 Å². The van der Waals surface area contributed by atoms with Crippen LogP contribution >= 0.6 is 0 Å². The minimum atomic E-state index is 0.154. The second-order valence-electron chi connectivity index (χ2n) is 6.17. The topological polar surface area (TPSA) is 137 Å². The first kappa shape index (κ1) is 16.5. The van der Waals surface area contributed by atoms with Crippen molar-refractivity contribution in [1.82, 2.24) is 24.9 Å². The molecule has 0 unspecified atom stereocenters. The van der Waals surface area contributed by atoms with Crippen molar-refractivity contribution >= 4 is 17.1 Å². The predicted molar refractivity (Wildman–Crippen MR) is 101 cm³/mol. The first-order valence-corrected chi connectivity index (χ1v) is 8.16. The first-order valence-electron chi connectivity index (χ1n) is 8.16. The molecule has 0 aliphatic heterocycles. The molecule has 4 rings (SSSR count). The number of H-pyrrole nitrogens is 1. The normalized spacial score (nSPS) is 10.9. The molecule has 0 radical (unpaired) electrons. The number of hydrogen-bond acceptors (Lipinski definition) is 7. The molecule has 0 amide bonds. The lowest BCUT2D eigenvalue weighted by Crippen LogP contribution is -1.94. The Balaban J connectivity index is 1.95. The Morgan fingerprint density at radius 3 is 2.56 bits per heavy atom. The number of aryl methyl sites for hydroxylation is 1. The van der Waals surface area contributed by atoms with Gasteiger partial charge in [-0.1, -0.05) is 6.07 Å². The monoisotopic (exact) mass is 357 g/mol. The van der Waals surface area contributed by atoms with E-state index in [4.69, 9.17) is 5.73 Å². The van der Waals surface area contributed by atoms with Crippen LogP contribution in [0, 0.1) is 25.2 Å². The van der Waals surface area contributed by atoms with Crippen molar-refractivity contribution < 1.29 is 5.11 Å². The lowest BCUT2D eigenvalue weighted by Gasteiger charge is -2.10. The van der Waals surface area contributed by atoms with Crippen LogP contribution in [0.5, 0.6) is 5.75 Å². The van der Waals surface area contributed by atoms with Crippen molar-refractivity contribution in [3.8, 4) is 34.3 Å². The Morgan fingerprint density at radius 2 is 1.85 bits per heavy atom. The Morgan fingerprint density at radius 1 is 1.11 bits per heavy atom. The number of aromatic hydroxyl groups is 1. The van der Waals surface area contributed by atoms with Crippen LogP contribution in [0.2, 0.25) is 0 Å². The van der Waals surface area contributed by atoms with Gasteiger partial charge in [-0.05, 0) is 25.5 Å². The summed E-state index contributed by atoms with van der Waals surface area (Å²) < 4.78 is 0. The number of nitrogens with zero attached hydrogens (tertiary/aromatic N) is 5. The van der Waals surface area contributed by atoms with E-state index in [9.17, 15) is 10.4 Å². The average molecular weight is 357 g/mol. The van der Waals surface area contributed by atoms with E-state index in [-0.39, 0.29) is 11.7 Å². The second kappa shape index (κ2) is 6.07. The van der Waals surface area contributed by atoms with Gasteiger partial charge in [0.2, 0.25) is 5.95 Å². The number of phenolic OH excluding ortho intramolecular Hbond substituents is 1. The molecule has 4 aromatic rings. The Bertz CT molecular complexity index is 1220. The molecule has 0 saturated heterocycles. The number of rotatable bonds is 2. The highest BCUT2D eigenvalue weighted by molar-refractivity contribution is 5.89. The third-order valence-corrected chi connectivity index (χ3v) is 4.48. The van der Waals surface area contributed by atoms with E-state index in [1.807, 2.05) is 19.9 Å². The standard InChI is InChI=1S/C19H15N7O/c1-9-3-4-14(27)10(2)15(9)13-8-22-18-17(25-13)12(5-20)16(26-18)11-6-23-19(21)24-7-11/h3-4,6-8,27H,1-2H3,(H,22,26)(H2,21,23,24). The highest BCUT2D eigenvalue weighted by Crippen LogP contribution is 2.33. The third kappa shape index (κ3) is 2.62. The summed E-state index contributed by atoms with van der Waals surface area (Å²) in [5.74, 6) is 0.341. The van der Waals surface area contributed by atoms with E-state index < -0.39 is 0 Å². The number of nitrogens with one attached hydrogen (secondary N) is 1. The first-order chi connectivity index (χ1) is 13.0. The van der Waals surface area contributed by atoms with Gasteiger partial charge in [0.1, 0.15) is 22.9 Å². The van der Waals surface area contributed by atoms with E-state index in [0.29, 0.717) is 39.2 Å². The van der Waals surface area contributed by atoms with Gasteiger partial charge in [0.05, 0.1) is 17.6 Å². The van der Waals surface area contributed by atoms with E-state index >= 15 is 0 Å². The van der Waals surface area contributed by atoms with Gasteiger partial charge in [-0.3, -0.25) is 0 Å². The number of benzene rings is 1. The molecule has 0 saturated carbocycles. The third-order valence-electron chi connectivity index (χ3n) is 4.48. The molecule has 3 heterocycles. The van der Waals surface area contributed by atoms with Crippen LogP contribution in [0.4, 0.5) is 5.95 Å². The minimum absolute atomic E-state index is 0.154. The Hall–Kier alpha value is -3.99. The summed E-state index contributed by atoms with van der Waals surface area (Å²) in [7, 11) is 0. The van der Waals surface area contributed by atoms with Crippen LogP contribution in [0.3, 0.4) is 0 Å².